The van der Waals surface area contributed by atoms with Crippen molar-refractivity contribution < 1.29 is 28.7 Å². The van der Waals surface area contributed by atoms with E-state index >= 15 is 0 Å². The Morgan fingerprint density at radius 1 is 1.00 bits per heavy atom. The number of ether oxygens (including phenoxy) is 2. The Hall–Kier alpha value is -3.46. The van der Waals surface area contributed by atoms with Crippen molar-refractivity contribution in [2.45, 2.75) is 38.6 Å². The predicted molar refractivity (Wildman–Crippen MR) is 141 cm³/mol. The van der Waals surface area contributed by atoms with Crippen LogP contribution in [-0.4, -0.2) is 90.6 Å². The lowest BCUT2D eigenvalue weighted by atomic mass is 9.64. The Morgan fingerprint density at radius 2 is 1.71 bits per heavy atom. The molecule has 1 unspecified atom stereocenters. The fourth-order valence-corrected chi connectivity index (χ4v) is 5.02. The number of carbonyl (C=O) groups excluding carboxylic acids is 4. The van der Waals surface area contributed by atoms with Crippen LogP contribution in [0.2, 0.25) is 0 Å². The first-order valence-corrected chi connectivity index (χ1v) is 12.2. The SMILES string of the molecule is [B]c1c([B])c(CN2CCOCC2=O)c([B])c([B])c1COc1cccc2c1CN(C1CCC(=O)NC1=O)C2=O. The molecule has 1 atom stereocenters. The number of rotatable bonds is 6. The number of carbonyl (C=O) groups is 4. The van der Waals surface area contributed by atoms with Gasteiger partial charge in [-0.3, -0.25) is 24.5 Å². The smallest absolute Gasteiger partial charge is 0.255 e. The third-order valence-corrected chi connectivity index (χ3v) is 7.22. The topological polar surface area (TPSA) is 105 Å². The summed E-state index contributed by atoms with van der Waals surface area (Å²) in [5.74, 6) is -0.913. The summed E-state index contributed by atoms with van der Waals surface area (Å²) in [6.07, 6.45) is 0.422. The second-order valence-corrected chi connectivity index (χ2v) is 9.45. The van der Waals surface area contributed by atoms with Crippen LogP contribution >= 0.6 is 0 Å². The van der Waals surface area contributed by atoms with E-state index in [-0.39, 0.29) is 78.7 Å². The summed E-state index contributed by atoms with van der Waals surface area (Å²) >= 11 is 0. The molecule has 8 radical (unpaired) electrons. The minimum atomic E-state index is -0.739. The van der Waals surface area contributed by atoms with Gasteiger partial charge in [0.15, 0.2) is 0 Å². The average molecular weight is 503 g/mol. The molecule has 1 N–H and O–H groups in total. The predicted octanol–water partition coefficient (Wildman–Crippen LogP) is -3.44. The van der Waals surface area contributed by atoms with Crippen LogP contribution in [0.15, 0.2) is 18.2 Å². The summed E-state index contributed by atoms with van der Waals surface area (Å²) in [5.41, 5.74) is 2.70. The van der Waals surface area contributed by atoms with Crippen molar-refractivity contribution >= 4 is 76.9 Å². The van der Waals surface area contributed by atoms with Crippen LogP contribution in [-0.2, 0) is 38.8 Å². The molecule has 2 aromatic rings. The molecule has 0 aliphatic carbocycles. The quantitative estimate of drug-likeness (QED) is 0.326. The maximum Gasteiger partial charge on any atom is 0.255 e. The molecule has 13 heteroatoms. The van der Waals surface area contributed by atoms with Crippen LogP contribution in [0.25, 0.3) is 0 Å². The highest BCUT2D eigenvalue weighted by atomic mass is 16.5. The Morgan fingerprint density at radius 3 is 2.39 bits per heavy atom. The third kappa shape index (κ3) is 4.64. The summed E-state index contributed by atoms with van der Waals surface area (Å²) in [5, 5.41) is 2.29. The van der Waals surface area contributed by atoms with E-state index in [2.05, 4.69) is 5.32 Å². The van der Waals surface area contributed by atoms with E-state index in [1.165, 1.54) is 4.90 Å². The molecule has 0 spiro atoms. The average Bonchev–Trinajstić information content (AvgIpc) is 3.23. The minimum Gasteiger partial charge on any atom is -0.489 e. The second kappa shape index (κ2) is 10.4. The van der Waals surface area contributed by atoms with Crippen molar-refractivity contribution in [3.63, 3.8) is 0 Å². The van der Waals surface area contributed by atoms with E-state index in [1.54, 1.807) is 23.1 Å². The van der Waals surface area contributed by atoms with Crippen LogP contribution in [0.4, 0.5) is 0 Å². The number of nitrogens with zero attached hydrogens (tertiary/aromatic N) is 2. The first kappa shape index (κ1) is 26.2. The first-order valence-electron chi connectivity index (χ1n) is 12.2. The minimum absolute atomic E-state index is 0.0123. The van der Waals surface area contributed by atoms with Gasteiger partial charge in [0.25, 0.3) is 5.91 Å². The highest BCUT2D eigenvalue weighted by Crippen LogP contribution is 2.33. The van der Waals surface area contributed by atoms with E-state index in [9.17, 15) is 19.2 Å². The molecule has 9 nitrogen and oxygen atoms in total. The van der Waals surface area contributed by atoms with Crippen LogP contribution in [0, 0.1) is 0 Å². The summed E-state index contributed by atoms with van der Waals surface area (Å²) in [4.78, 5) is 52.1. The molecular weight excluding hydrogens is 482 g/mol. The van der Waals surface area contributed by atoms with Crippen LogP contribution in [0.1, 0.15) is 39.9 Å². The summed E-state index contributed by atoms with van der Waals surface area (Å²) in [7, 11) is 25.3. The monoisotopic (exact) mass is 503 g/mol. The van der Waals surface area contributed by atoms with Gasteiger partial charge in [-0.25, -0.2) is 0 Å². The summed E-state index contributed by atoms with van der Waals surface area (Å²) in [6, 6.07) is 4.31. The van der Waals surface area contributed by atoms with E-state index < -0.39 is 11.9 Å². The fraction of sp³-hybridized carbons (Fsp3) is 0.360. The number of morpholine rings is 1. The fourth-order valence-electron chi connectivity index (χ4n) is 5.02. The third-order valence-electron chi connectivity index (χ3n) is 7.22. The second-order valence-electron chi connectivity index (χ2n) is 9.45. The van der Waals surface area contributed by atoms with Gasteiger partial charge in [0.05, 0.1) is 13.2 Å². The first-order chi connectivity index (χ1) is 18.2. The van der Waals surface area contributed by atoms with Crippen molar-refractivity contribution in [1.29, 1.82) is 0 Å². The largest absolute Gasteiger partial charge is 0.489 e. The molecule has 3 heterocycles. The maximum absolute atomic E-state index is 13.1. The lowest BCUT2D eigenvalue weighted by Gasteiger charge is -2.30. The maximum atomic E-state index is 13.1. The van der Waals surface area contributed by atoms with E-state index in [0.29, 0.717) is 41.2 Å². The number of fused-ring (bicyclic) bond motifs is 1. The molecule has 2 fully saturated rings. The Bertz CT molecular complexity index is 1340. The van der Waals surface area contributed by atoms with E-state index in [1.807, 2.05) is 0 Å². The Labute approximate surface area is 225 Å². The highest BCUT2D eigenvalue weighted by molar-refractivity contribution is 6.57. The van der Waals surface area contributed by atoms with Gasteiger partial charge in [0, 0.05) is 30.6 Å². The molecule has 0 saturated carbocycles. The van der Waals surface area contributed by atoms with Gasteiger partial charge in [-0.05, 0) is 29.7 Å². The van der Waals surface area contributed by atoms with Crippen molar-refractivity contribution in [2.75, 3.05) is 19.8 Å². The van der Waals surface area contributed by atoms with Gasteiger partial charge in [0.1, 0.15) is 56.4 Å². The molecule has 3 aliphatic rings. The van der Waals surface area contributed by atoms with E-state index in [4.69, 9.17) is 40.9 Å². The summed E-state index contributed by atoms with van der Waals surface area (Å²) in [6.45, 7) is 1.02. The molecule has 2 aromatic carbocycles. The number of hydrogen-bond donors (Lipinski definition) is 1. The highest BCUT2D eigenvalue weighted by Gasteiger charge is 2.40. The van der Waals surface area contributed by atoms with Gasteiger partial charge < -0.3 is 19.3 Å². The molecule has 38 heavy (non-hydrogen) atoms. The standard InChI is InChI=1S/C25H21B4N3O6/c26-20-14(8-31-6-7-37-11-19(31)34)21(27)23(29)15(22(20)28)10-38-17-3-1-2-12-13(17)9-32(25(12)36)16-4-5-18(33)30-24(16)35/h1-3,16H,4-11H2,(H,30,33,35). The van der Waals surface area contributed by atoms with Crippen LogP contribution in [0.3, 0.4) is 0 Å². The number of nitrogens with one attached hydrogen (secondary N) is 1. The number of benzene rings is 2. The Kier molecular flexibility index (Phi) is 7.13. The number of hydrogen-bond acceptors (Lipinski definition) is 6. The van der Waals surface area contributed by atoms with Crippen molar-refractivity contribution in [2.24, 2.45) is 0 Å². The molecular formula is C25H21B4N3O6. The van der Waals surface area contributed by atoms with Crippen molar-refractivity contribution in [3.8, 4) is 5.75 Å². The van der Waals surface area contributed by atoms with Crippen molar-refractivity contribution in [3.05, 3.63) is 40.5 Å². The van der Waals surface area contributed by atoms with Gasteiger partial charge in [-0.15, -0.1) is 0 Å². The Balaban J connectivity index is 1.36. The van der Waals surface area contributed by atoms with Gasteiger partial charge in [-0.2, -0.15) is 0 Å². The lowest BCUT2D eigenvalue weighted by molar-refractivity contribution is -0.143. The molecule has 4 amide bonds. The number of imide groups is 1. The molecule has 5 rings (SSSR count). The molecule has 0 aromatic heterocycles. The number of piperidine rings is 1. The zero-order valence-corrected chi connectivity index (χ0v) is 20.6. The molecule has 3 aliphatic heterocycles. The normalized spacial score (nSPS) is 19.5. The summed E-state index contributed by atoms with van der Waals surface area (Å²) < 4.78 is 11.2. The van der Waals surface area contributed by atoms with Gasteiger partial charge >= 0.3 is 0 Å². The van der Waals surface area contributed by atoms with Gasteiger partial charge in [0.2, 0.25) is 17.7 Å². The lowest BCUT2D eigenvalue weighted by Crippen LogP contribution is -2.52. The van der Waals surface area contributed by atoms with E-state index in [0.717, 1.165) is 0 Å². The molecule has 0 bridgehead atoms. The molecule has 184 valence electrons. The zero-order valence-electron chi connectivity index (χ0n) is 20.6. The number of amides is 4. The van der Waals surface area contributed by atoms with Gasteiger partial charge in [-0.1, -0.05) is 27.9 Å². The zero-order chi connectivity index (χ0) is 27.1. The van der Waals surface area contributed by atoms with Crippen molar-refractivity contribution in [1.82, 2.24) is 15.1 Å². The van der Waals surface area contributed by atoms with Crippen LogP contribution < -0.4 is 31.9 Å². The molecule has 2 saturated heterocycles. The van der Waals surface area contributed by atoms with Crippen LogP contribution in [0.5, 0.6) is 5.75 Å².